The number of nitro groups is 1. The standard InChI is InChI=1S/C12H13N5O3/c1-16(2)15-11-10(17(18)19)12(14-8-13-11)20-9-6-4-3-5-7-9/h3-8H,1-2H3,(H,13,14,15). The van der Waals surface area contributed by atoms with Crippen molar-refractivity contribution < 1.29 is 9.66 Å². The predicted molar refractivity (Wildman–Crippen MR) is 72.5 cm³/mol. The van der Waals surface area contributed by atoms with Crippen LogP contribution >= 0.6 is 0 Å². The maximum atomic E-state index is 11.2. The molecule has 0 fully saturated rings. The molecule has 1 aromatic heterocycles. The summed E-state index contributed by atoms with van der Waals surface area (Å²) >= 11 is 0. The number of hydrogen-bond acceptors (Lipinski definition) is 7. The monoisotopic (exact) mass is 275 g/mol. The Balaban J connectivity index is 2.39. The van der Waals surface area contributed by atoms with E-state index in [1.807, 2.05) is 6.07 Å². The Morgan fingerprint density at radius 3 is 2.55 bits per heavy atom. The highest BCUT2D eigenvalue weighted by Gasteiger charge is 2.25. The van der Waals surface area contributed by atoms with Gasteiger partial charge < -0.3 is 4.74 Å². The first-order chi connectivity index (χ1) is 9.58. The molecule has 2 rings (SSSR count). The quantitative estimate of drug-likeness (QED) is 0.659. The van der Waals surface area contributed by atoms with Gasteiger partial charge in [0.25, 0.3) is 0 Å². The molecule has 0 amide bonds. The van der Waals surface area contributed by atoms with Gasteiger partial charge in [0.1, 0.15) is 12.1 Å². The Labute approximate surface area is 115 Å². The number of hydrogen-bond donors (Lipinski definition) is 1. The largest absolute Gasteiger partial charge is 0.434 e. The first-order valence-electron chi connectivity index (χ1n) is 5.74. The van der Waals surface area contributed by atoms with Gasteiger partial charge in [0.05, 0.1) is 4.92 Å². The van der Waals surface area contributed by atoms with Crippen molar-refractivity contribution >= 4 is 11.5 Å². The van der Waals surface area contributed by atoms with Crippen LogP contribution in [-0.4, -0.2) is 34.0 Å². The highest BCUT2D eigenvalue weighted by Crippen LogP contribution is 2.33. The number of para-hydroxylation sites is 1. The molecule has 0 saturated heterocycles. The van der Waals surface area contributed by atoms with Gasteiger partial charge in [-0.3, -0.25) is 15.5 Å². The molecule has 0 atom stereocenters. The topological polar surface area (TPSA) is 93.4 Å². The van der Waals surface area contributed by atoms with Gasteiger partial charge in [-0.1, -0.05) is 18.2 Å². The van der Waals surface area contributed by atoms with Crippen molar-refractivity contribution in [2.45, 2.75) is 0 Å². The van der Waals surface area contributed by atoms with Crippen LogP contribution in [0.1, 0.15) is 0 Å². The number of benzene rings is 1. The minimum absolute atomic E-state index is 0.0703. The molecular weight excluding hydrogens is 262 g/mol. The van der Waals surface area contributed by atoms with E-state index >= 15 is 0 Å². The fourth-order valence-electron chi connectivity index (χ4n) is 1.50. The van der Waals surface area contributed by atoms with Gasteiger partial charge in [0.2, 0.25) is 5.82 Å². The zero-order valence-electron chi connectivity index (χ0n) is 11.0. The Kier molecular flexibility index (Phi) is 4.06. The highest BCUT2D eigenvalue weighted by molar-refractivity contribution is 5.61. The Bertz CT molecular complexity index is 603. The molecular formula is C12H13N5O3. The van der Waals surface area contributed by atoms with Crippen molar-refractivity contribution in [1.82, 2.24) is 15.0 Å². The maximum Gasteiger partial charge on any atom is 0.374 e. The third-order valence-corrected chi connectivity index (χ3v) is 2.26. The molecule has 0 bridgehead atoms. The number of ether oxygens (including phenoxy) is 1. The summed E-state index contributed by atoms with van der Waals surface area (Å²) in [5.41, 5.74) is 2.43. The van der Waals surface area contributed by atoms with Crippen LogP contribution < -0.4 is 10.2 Å². The van der Waals surface area contributed by atoms with Crippen molar-refractivity contribution in [3.8, 4) is 11.6 Å². The molecule has 1 aromatic carbocycles. The SMILES string of the molecule is CN(C)Nc1ncnc(Oc2ccccc2)c1[N+](=O)[O-]. The summed E-state index contributed by atoms with van der Waals surface area (Å²) in [6.07, 6.45) is 1.21. The van der Waals surface area contributed by atoms with E-state index in [1.165, 1.54) is 6.33 Å². The van der Waals surface area contributed by atoms with E-state index in [1.54, 1.807) is 43.4 Å². The van der Waals surface area contributed by atoms with Crippen LogP contribution in [0.3, 0.4) is 0 Å². The van der Waals surface area contributed by atoms with Crippen LogP contribution in [-0.2, 0) is 0 Å². The van der Waals surface area contributed by atoms with E-state index in [2.05, 4.69) is 15.4 Å². The van der Waals surface area contributed by atoms with Crippen LogP contribution in [0.2, 0.25) is 0 Å². The van der Waals surface area contributed by atoms with Crippen LogP contribution in [0.25, 0.3) is 0 Å². The molecule has 20 heavy (non-hydrogen) atoms. The van der Waals surface area contributed by atoms with Crippen molar-refractivity contribution in [2.24, 2.45) is 0 Å². The lowest BCUT2D eigenvalue weighted by atomic mass is 10.3. The lowest BCUT2D eigenvalue weighted by Gasteiger charge is -2.13. The van der Waals surface area contributed by atoms with Gasteiger partial charge in [-0.2, -0.15) is 4.98 Å². The molecule has 0 aliphatic heterocycles. The van der Waals surface area contributed by atoms with Crippen molar-refractivity contribution in [3.05, 3.63) is 46.8 Å². The minimum atomic E-state index is -0.579. The first kappa shape index (κ1) is 13.7. The Hall–Kier alpha value is -2.74. The minimum Gasteiger partial charge on any atom is -0.434 e. The van der Waals surface area contributed by atoms with E-state index in [-0.39, 0.29) is 17.4 Å². The first-order valence-corrected chi connectivity index (χ1v) is 5.74. The second kappa shape index (κ2) is 5.93. The molecule has 0 unspecified atom stereocenters. The van der Waals surface area contributed by atoms with E-state index in [0.717, 1.165) is 0 Å². The fraction of sp³-hybridized carbons (Fsp3) is 0.167. The van der Waals surface area contributed by atoms with Gasteiger partial charge in [-0.05, 0) is 12.1 Å². The smallest absolute Gasteiger partial charge is 0.374 e. The molecule has 8 nitrogen and oxygen atoms in total. The number of nitrogens with one attached hydrogen (secondary N) is 1. The average molecular weight is 275 g/mol. The summed E-state index contributed by atoms with van der Waals surface area (Å²) < 4.78 is 5.44. The summed E-state index contributed by atoms with van der Waals surface area (Å²) in [6, 6.07) is 8.72. The molecule has 1 heterocycles. The Morgan fingerprint density at radius 1 is 1.25 bits per heavy atom. The van der Waals surface area contributed by atoms with Gasteiger partial charge in [0.15, 0.2) is 0 Å². The third kappa shape index (κ3) is 3.18. The summed E-state index contributed by atoms with van der Waals surface area (Å²) in [7, 11) is 3.40. The van der Waals surface area contributed by atoms with E-state index in [4.69, 9.17) is 4.74 Å². The van der Waals surface area contributed by atoms with Gasteiger partial charge >= 0.3 is 11.6 Å². The normalized spacial score (nSPS) is 10.3. The number of hydrazine groups is 1. The Morgan fingerprint density at radius 2 is 1.95 bits per heavy atom. The maximum absolute atomic E-state index is 11.2. The van der Waals surface area contributed by atoms with Crippen LogP contribution in [0.15, 0.2) is 36.7 Å². The van der Waals surface area contributed by atoms with E-state index in [9.17, 15) is 10.1 Å². The molecule has 8 heteroatoms. The summed E-state index contributed by atoms with van der Waals surface area (Å²) in [5.74, 6) is 0.423. The van der Waals surface area contributed by atoms with Gasteiger partial charge in [-0.15, -0.1) is 0 Å². The van der Waals surface area contributed by atoms with Gasteiger partial charge in [0, 0.05) is 14.1 Å². The van der Waals surface area contributed by atoms with Crippen molar-refractivity contribution in [2.75, 3.05) is 19.5 Å². The molecule has 2 aromatic rings. The molecule has 0 radical (unpaired) electrons. The van der Waals surface area contributed by atoms with E-state index < -0.39 is 4.92 Å². The van der Waals surface area contributed by atoms with Gasteiger partial charge in [-0.25, -0.2) is 9.99 Å². The molecule has 0 spiro atoms. The van der Waals surface area contributed by atoms with E-state index in [0.29, 0.717) is 5.75 Å². The van der Waals surface area contributed by atoms with Crippen LogP contribution in [0.4, 0.5) is 11.5 Å². The predicted octanol–water partition coefficient (Wildman–Crippen LogP) is 2.07. The lowest BCUT2D eigenvalue weighted by Crippen LogP contribution is -2.21. The van der Waals surface area contributed by atoms with Crippen LogP contribution in [0, 0.1) is 10.1 Å². The average Bonchev–Trinajstić information content (AvgIpc) is 2.39. The second-order valence-corrected chi connectivity index (χ2v) is 4.05. The zero-order chi connectivity index (χ0) is 14.5. The number of rotatable bonds is 5. The van der Waals surface area contributed by atoms with Crippen LogP contribution in [0.5, 0.6) is 11.6 Å². The third-order valence-electron chi connectivity index (χ3n) is 2.26. The van der Waals surface area contributed by atoms with Crippen molar-refractivity contribution in [3.63, 3.8) is 0 Å². The summed E-state index contributed by atoms with van der Waals surface area (Å²) in [4.78, 5) is 18.3. The second-order valence-electron chi connectivity index (χ2n) is 4.05. The molecule has 0 saturated carbocycles. The fourth-order valence-corrected chi connectivity index (χ4v) is 1.50. The summed E-state index contributed by atoms with van der Waals surface area (Å²) in [6.45, 7) is 0. The molecule has 1 N–H and O–H groups in total. The zero-order valence-corrected chi connectivity index (χ0v) is 11.0. The van der Waals surface area contributed by atoms with Crippen molar-refractivity contribution in [1.29, 1.82) is 0 Å². The number of aromatic nitrogens is 2. The summed E-state index contributed by atoms with van der Waals surface area (Å²) in [5, 5.41) is 12.7. The highest BCUT2D eigenvalue weighted by atomic mass is 16.6. The molecule has 104 valence electrons. The molecule has 0 aliphatic rings. The number of anilines is 1. The lowest BCUT2D eigenvalue weighted by molar-refractivity contribution is -0.385. The number of nitrogens with zero attached hydrogens (tertiary/aromatic N) is 4. The molecule has 0 aliphatic carbocycles.